The SMILES string of the molecule is CC1C(=O)C(c2ccccc2)=C(c2cccc(F)c2)C1(O)c1ccccc1. The molecule has 0 bridgehead atoms. The molecule has 1 N–H and O–H groups in total. The van der Waals surface area contributed by atoms with Gasteiger partial charge in [0.05, 0.1) is 5.92 Å². The average molecular weight is 358 g/mol. The Bertz CT molecular complexity index is 1020. The van der Waals surface area contributed by atoms with Gasteiger partial charge in [0, 0.05) is 11.1 Å². The summed E-state index contributed by atoms with van der Waals surface area (Å²) < 4.78 is 14.0. The van der Waals surface area contributed by atoms with Crippen LogP contribution in [0.1, 0.15) is 23.6 Å². The van der Waals surface area contributed by atoms with Crippen LogP contribution < -0.4 is 0 Å². The van der Waals surface area contributed by atoms with E-state index in [4.69, 9.17) is 0 Å². The highest BCUT2D eigenvalue weighted by Crippen LogP contribution is 2.53. The number of Topliss-reactive ketones (excluding diaryl/α,β-unsaturated/α-hetero) is 1. The molecule has 3 aromatic carbocycles. The first-order chi connectivity index (χ1) is 13.0. The lowest BCUT2D eigenvalue weighted by Gasteiger charge is -2.31. The molecule has 134 valence electrons. The molecule has 0 heterocycles. The number of hydrogen-bond donors (Lipinski definition) is 1. The van der Waals surface area contributed by atoms with Crippen molar-refractivity contribution in [2.45, 2.75) is 12.5 Å². The first-order valence-electron chi connectivity index (χ1n) is 8.91. The highest BCUT2D eigenvalue weighted by molar-refractivity contribution is 6.33. The van der Waals surface area contributed by atoms with E-state index in [-0.39, 0.29) is 5.78 Å². The fraction of sp³-hybridized carbons (Fsp3) is 0.125. The van der Waals surface area contributed by atoms with Crippen molar-refractivity contribution in [3.8, 4) is 0 Å². The minimum Gasteiger partial charge on any atom is -0.380 e. The maximum atomic E-state index is 14.0. The van der Waals surface area contributed by atoms with Gasteiger partial charge in [-0.15, -0.1) is 0 Å². The zero-order chi connectivity index (χ0) is 19.0. The third-order valence-corrected chi connectivity index (χ3v) is 5.29. The number of carbonyl (C=O) groups excluding carboxylic acids is 1. The quantitative estimate of drug-likeness (QED) is 0.727. The molecule has 1 aliphatic carbocycles. The first kappa shape index (κ1) is 17.4. The Balaban J connectivity index is 2.07. The van der Waals surface area contributed by atoms with Gasteiger partial charge in [0.1, 0.15) is 11.4 Å². The minimum atomic E-state index is -1.53. The van der Waals surface area contributed by atoms with E-state index in [1.165, 1.54) is 12.1 Å². The third-order valence-electron chi connectivity index (χ3n) is 5.29. The summed E-state index contributed by atoms with van der Waals surface area (Å²) in [4.78, 5) is 13.3. The normalized spacial score (nSPS) is 22.3. The van der Waals surface area contributed by atoms with Crippen LogP contribution in [0, 0.1) is 11.7 Å². The number of hydrogen-bond acceptors (Lipinski definition) is 2. The highest BCUT2D eigenvalue weighted by atomic mass is 19.1. The molecule has 3 aromatic rings. The van der Waals surface area contributed by atoms with Gasteiger partial charge in [0.2, 0.25) is 0 Å². The summed E-state index contributed by atoms with van der Waals surface area (Å²) in [6, 6.07) is 24.4. The van der Waals surface area contributed by atoms with Crippen LogP contribution in [0.5, 0.6) is 0 Å². The van der Waals surface area contributed by atoms with Crippen molar-refractivity contribution in [3.05, 3.63) is 107 Å². The topological polar surface area (TPSA) is 37.3 Å². The number of halogens is 1. The number of rotatable bonds is 3. The van der Waals surface area contributed by atoms with Gasteiger partial charge in [-0.25, -0.2) is 4.39 Å². The van der Waals surface area contributed by atoms with Gasteiger partial charge in [-0.1, -0.05) is 79.7 Å². The number of allylic oxidation sites excluding steroid dienone is 1. The van der Waals surface area contributed by atoms with Gasteiger partial charge in [0.25, 0.3) is 0 Å². The Morgan fingerprint density at radius 1 is 0.852 bits per heavy atom. The van der Waals surface area contributed by atoms with Crippen molar-refractivity contribution >= 4 is 16.9 Å². The molecule has 0 fully saturated rings. The van der Waals surface area contributed by atoms with E-state index in [9.17, 15) is 14.3 Å². The Morgan fingerprint density at radius 3 is 2.07 bits per heavy atom. The van der Waals surface area contributed by atoms with Gasteiger partial charge in [-0.3, -0.25) is 4.79 Å². The molecule has 0 aliphatic heterocycles. The lowest BCUT2D eigenvalue weighted by molar-refractivity contribution is -0.121. The molecule has 0 saturated carbocycles. The van der Waals surface area contributed by atoms with Gasteiger partial charge in [-0.05, 0) is 28.8 Å². The largest absolute Gasteiger partial charge is 0.380 e. The van der Waals surface area contributed by atoms with Crippen LogP contribution in [0.3, 0.4) is 0 Å². The van der Waals surface area contributed by atoms with Gasteiger partial charge >= 0.3 is 0 Å². The second-order valence-electron chi connectivity index (χ2n) is 6.84. The minimum absolute atomic E-state index is 0.146. The molecule has 0 spiro atoms. The fourth-order valence-electron chi connectivity index (χ4n) is 3.92. The lowest BCUT2D eigenvalue weighted by Crippen LogP contribution is -2.33. The van der Waals surface area contributed by atoms with Gasteiger partial charge in [-0.2, -0.15) is 0 Å². The molecule has 1 aliphatic rings. The zero-order valence-electron chi connectivity index (χ0n) is 14.9. The van der Waals surface area contributed by atoms with Crippen molar-refractivity contribution in [2.24, 2.45) is 5.92 Å². The molecule has 27 heavy (non-hydrogen) atoms. The third kappa shape index (κ3) is 2.71. The predicted molar refractivity (Wildman–Crippen MR) is 104 cm³/mol. The lowest BCUT2D eigenvalue weighted by atomic mass is 9.78. The summed E-state index contributed by atoms with van der Waals surface area (Å²) >= 11 is 0. The number of carbonyl (C=O) groups is 1. The van der Waals surface area contributed by atoms with Crippen LogP contribution >= 0.6 is 0 Å². The molecule has 0 amide bonds. The molecular weight excluding hydrogens is 339 g/mol. The van der Waals surface area contributed by atoms with E-state index in [1.54, 1.807) is 31.2 Å². The summed E-state index contributed by atoms with van der Waals surface area (Å²) in [5.41, 5.74) is 1.23. The molecule has 4 rings (SSSR count). The van der Waals surface area contributed by atoms with E-state index >= 15 is 0 Å². The Morgan fingerprint density at radius 2 is 1.44 bits per heavy atom. The van der Waals surface area contributed by atoms with E-state index in [0.717, 1.165) is 5.56 Å². The number of aliphatic hydroxyl groups is 1. The van der Waals surface area contributed by atoms with Crippen molar-refractivity contribution in [1.82, 2.24) is 0 Å². The molecule has 2 atom stereocenters. The second-order valence-corrected chi connectivity index (χ2v) is 6.84. The summed E-state index contributed by atoms with van der Waals surface area (Å²) in [6.45, 7) is 1.73. The van der Waals surface area contributed by atoms with Crippen LogP contribution in [-0.2, 0) is 10.4 Å². The predicted octanol–water partition coefficient (Wildman–Crippen LogP) is 4.84. The fourth-order valence-corrected chi connectivity index (χ4v) is 3.92. The van der Waals surface area contributed by atoms with Crippen LogP contribution in [0.4, 0.5) is 4.39 Å². The van der Waals surface area contributed by atoms with E-state index in [1.807, 2.05) is 48.5 Å². The zero-order valence-corrected chi connectivity index (χ0v) is 14.9. The van der Waals surface area contributed by atoms with E-state index < -0.39 is 17.3 Å². The molecule has 0 aromatic heterocycles. The van der Waals surface area contributed by atoms with Crippen LogP contribution in [0.15, 0.2) is 84.9 Å². The number of ketones is 1. The van der Waals surface area contributed by atoms with Crippen LogP contribution in [0.2, 0.25) is 0 Å². The average Bonchev–Trinajstić information content (AvgIpc) is 2.91. The summed E-state index contributed by atoms with van der Waals surface area (Å²) in [5.74, 6) is -1.24. The standard InChI is InChI=1S/C24H19FO2/c1-16-23(26)21(17-9-4-2-5-10-17)22(18-11-8-14-20(25)15-18)24(16,27)19-12-6-3-7-13-19/h2-16,27H,1H3. The van der Waals surface area contributed by atoms with E-state index in [0.29, 0.717) is 22.3 Å². The Kier molecular flexibility index (Phi) is 4.25. The van der Waals surface area contributed by atoms with Crippen LogP contribution in [-0.4, -0.2) is 10.9 Å². The smallest absolute Gasteiger partial charge is 0.170 e. The molecule has 2 nitrogen and oxygen atoms in total. The van der Waals surface area contributed by atoms with Gasteiger partial charge < -0.3 is 5.11 Å². The first-order valence-corrected chi connectivity index (χ1v) is 8.91. The van der Waals surface area contributed by atoms with Crippen LogP contribution in [0.25, 0.3) is 11.1 Å². The summed E-state index contributed by atoms with van der Waals surface area (Å²) in [7, 11) is 0. The van der Waals surface area contributed by atoms with Crippen molar-refractivity contribution in [3.63, 3.8) is 0 Å². The van der Waals surface area contributed by atoms with Crippen molar-refractivity contribution in [1.29, 1.82) is 0 Å². The van der Waals surface area contributed by atoms with Gasteiger partial charge in [0.15, 0.2) is 5.78 Å². The molecule has 0 radical (unpaired) electrons. The summed E-state index contributed by atoms with van der Waals surface area (Å²) in [5, 5.41) is 11.8. The highest BCUT2D eigenvalue weighted by Gasteiger charge is 2.52. The molecule has 3 heteroatoms. The Hall–Kier alpha value is -3.04. The maximum Gasteiger partial charge on any atom is 0.170 e. The molecule has 2 unspecified atom stereocenters. The maximum absolute atomic E-state index is 14.0. The van der Waals surface area contributed by atoms with E-state index in [2.05, 4.69) is 0 Å². The summed E-state index contributed by atoms with van der Waals surface area (Å²) in [6.07, 6.45) is 0. The molecule has 0 saturated heterocycles. The Labute approximate surface area is 157 Å². The molecular formula is C24H19FO2. The van der Waals surface area contributed by atoms with Crippen molar-refractivity contribution < 1.29 is 14.3 Å². The monoisotopic (exact) mass is 358 g/mol. The van der Waals surface area contributed by atoms with Crippen molar-refractivity contribution in [2.75, 3.05) is 0 Å². The second kappa shape index (κ2) is 6.60. The number of benzene rings is 3.